The molecule has 0 radical (unpaired) electrons. The Morgan fingerprint density at radius 2 is 2.31 bits per heavy atom. The molecular formula is C8H7BrClN3. The molecule has 0 spiro atoms. The van der Waals surface area contributed by atoms with Gasteiger partial charge in [-0.2, -0.15) is 0 Å². The summed E-state index contributed by atoms with van der Waals surface area (Å²) >= 11 is 9.26. The highest BCUT2D eigenvalue weighted by molar-refractivity contribution is 9.10. The van der Waals surface area contributed by atoms with E-state index in [2.05, 4.69) is 26.0 Å². The Kier molecular flexibility index (Phi) is 4.09. The van der Waals surface area contributed by atoms with Crippen LogP contribution in [0.3, 0.4) is 0 Å². The number of azide groups is 1. The molecule has 0 aliphatic rings. The molecule has 3 nitrogen and oxygen atoms in total. The summed E-state index contributed by atoms with van der Waals surface area (Å²) in [5.74, 6) is 0. The highest BCUT2D eigenvalue weighted by Crippen LogP contribution is 2.21. The molecule has 1 aromatic carbocycles. The Bertz CT molecular complexity index is 347. The summed E-state index contributed by atoms with van der Waals surface area (Å²) in [6.45, 7) is 0.442. The monoisotopic (exact) mass is 259 g/mol. The second-order valence-corrected chi connectivity index (χ2v) is 3.76. The lowest BCUT2D eigenvalue weighted by molar-refractivity contribution is 0.956. The molecule has 1 rings (SSSR count). The van der Waals surface area contributed by atoms with Crippen molar-refractivity contribution in [3.8, 4) is 0 Å². The number of hydrogen-bond acceptors (Lipinski definition) is 1. The molecule has 0 fully saturated rings. The highest BCUT2D eigenvalue weighted by atomic mass is 79.9. The standard InChI is InChI=1S/C8H7BrClN3/c9-7-2-1-6(8(10)5-7)3-4-12-13-11/h1-2,5H,3-4H2. The van der Waals surface area contributed by atoms with Gasteiger partial charge in [0.25, 0.3) is 0 Å². The molecule has 0 amide bonds. The molecule has 0 bridgehead atoms. The molecule has 5 heteroatoms. The van der Waals surface area contributed by atoms with Gasteiger partial charge in [-0.25, -0.2) is 0 Å². The van der Waals surface area contributed by atoms with Crippen LogP contribution in [-0.2, 0) is 6.42 Å². The van der Waals surface area contributed by atoms with E-state index >= 15 is 0 Å². The topological polar surface area (TPSA) is 48.8 Å². The summed E-state index contributed by atoms with van der Waals surface area (Å²) in [5, 5.41) is 4.14. The molecular weight excluding hydrogens is 253 g/mol. The van der Waals surface area contributed by atoms with Crippen molar-refractivity contribution in [2.75, 3.05) is 6.54 Å². The summed E-state index contributed by atoms with van der Waals surface area (Å²) in [6.07, 6.45) is 0.677. The van der Waals surface area contributed by atoms with Crippen molar-refractivity contribution in [3.05, 3.63) is 43.7 Å². The first-order chi connectivity index (χ1) is 6.24. The first-order valence-electron chi connectivity index (χ1n) is 3.69. The molecule has 0 aromatic heterocycles. The minimum Gasteiger partial charge on any atom is -0.0936 e. The van der Waals surface area contributed by atoms with Crippen LogP contribution in [0.25, 0.3) is 10.4 Å². The van der Waals surface area contributed by atoms with Crippen LogP contribution in [0.15, 0.2) is 27.8 Å². The lowest BCUT2D eigenvalue weighted by Gasteiger charge is -2.01. The van der Waals surface area contributed by atoms with Gasteiger partial charge in [-0.15, -0.1) is 0 Å². The van der Waals surface area contributed by atoms with Crippen LogP contribution in [-0.4, -0.2) is 6.54 Å². The van der Waals surface area contributed by atoms with E-state index in [-0.39, 0.29) is 0 Å². The first-order valence-corrected chi connectivity index (χ1v) is 4.86. The van der Waals surface area contributed by atoms with Gasteiger partial charge in [0, 0.05) is 21.0 Å². The average Bonchev–Trinajstić information content (AvgIpc) is 2.09. The SMILES string of the molecule is [N-]=[N+]=NCCc1ccc(Br)cc1Cl. The minimum absolute atomic E-state index is 0.442. The van der Waals surface area contributed by atoms with Gasteiger partial charge in [-0.3, -0.25) is 0 Å². The van der Waals surface area contributed by atoms with Crippen LogP contribution in [0.1, 0.15) is 5.56 Å². The minimum atomic E-state index is 0.442. The molecule has 0 saturated carbocycles. The lowest BCUT2D eigenvalue weighted by atomic mass is 10.1. The van der Waals surface area contributed by atoms with Crippen molar-refractivity contribution < 1.29 is 0 Å². The Labute approximate surface area is 89.5 Å². The van der Waals surface area contributed by atoms with E-state index < -0.39 is 0 Å². The maximum atomic E-state index is 8.08. The highest BCUT2D eigenvalue weighted by Gasteiger charge is 1.99. The largest absolute Gasteiger partial charge is 0.0936 e. The molecule has 0 aliphatic heterocycles. The van der Waals surface area contributed by atoms with Crippen molar-refractivity contribution >= 4 is 27.5 Å². The summed E-state index contributed by atoms with van der Waals surface area (Å²) in [5.41, 5.74) is 9.07. The molecule has 1 aromatic rings. The molecule has 0 saturated heterocycles. The fourth-order valence-electron chi connectivity index (χ4n) is 0.940. The van der Waals surface area contributed by atoms with Crippen molar-refractivity contribution in [1.29, 1.82) is 0 Å². The zero-order valence-electron chi connectivity index (χ0n) is 6.74. The van der Waals surface area contributed by atoms with E-state index in [1.54, 1.807) is 0 Å². The van der Waals surface area contributed by atoms with Gasteiger partial charge in [0.1, 0.15) is 0 Å². The fraction of sp³-hybridized carbons (Fsp3) is 0.250. The molecule has 0 unspecified atom stereocenters. The number of nitrogens with zero attached hydrogens (tertiary/aromatic N) is 3. The Balaban J connectivity index is 2.71. The van der Waals surface area contributed by atoms with Crippen molar-refractivity contribution in [2.45, 2.75) is 6.42 Å². The summed E-state index contributed by atoms with van der Waals surface area (Å²) in [6, 6.07) is 5.66. The molecule has 13 heavy (non-hydrogen) atoms. The zero-order chi connectivity index (χ0) is 9.68. The van der Waals surface area contributed by atoms with Crippen LogP contribution in [0, 0.1) is 0 Å². The Morgan fingerprint density at radius 1 is 1.54 bits per heavy atom. The maximum absolute atomic E-state index is 8.08. The zero-order valence-corrected chi connectivity index (χ0v) is 9.09. The van der Waals surface area contributed by atoms with E-state index in [1.165, 1.54) is 0 Å². The van der Waals surface area contributed by atoms with E-state index in [0.717, 1.165) is 10.0 Å². The smallest absolute Gasteiger partial charge is 0.0449 e. The molecule has 0 heterocycles. The van der Waals surface area contributed by atoms with Crippen LogP contribution in [0.2, 0.25) is 5.02 Å². The van der Waals surface area contributed by atoms with Gasteiger partial charge >= 0.3 is 0 Å². The summed E-state index contributed by atoms with van der Waals surface area (Å²) in [7, 11) is 0. The van der Waals surface area contributed by atoms with Crippen molar-refractivity contribution in [1.82, 2.24) is 0 Å². The van der Waals surface area contributed by atoms with E-state index in [9.17, 15) is 0 Å². The Hall–Kier alpha value is -0.700. The number of halogens is 2. The van der Waals surface area contributed by atoms with Crippen LogP contribution in [0.5, 0.6) is 0 Å². The Morgan fingerprint density at radius 3 is 2.92 bits per heavy atom. The van der Waals surface area contributed by atoms with E-state index in [1.807, 2.05) is 18.2 Å². The van der Waals surface area contributed by atoms with Gasteiger partial charge in [0.2, 0.25) is 0 Å². The van der Waals surface area contributed by atoms with Crippen molar-refractivity contribution in [3.63, 3.8) is 0 Å². The van der Waals surface area contributed by atoms with E-state index in [4.69, 9.17) is 17.1 Å². The van der Waals surface area contributed by atoms with Crippen LogP contribution < -0.4 is 0 Å². The van der Waals surface area contributed by atoms with Gasteiger partial charge in [-0.05, 0) is 29.6 Å². The van der Waals surface area contributed by atoms with Gasteiger partial charge in [0.15, 0.2) is 0 Å². The fourth-order valence-corrected chi connectivity index (χ4v) is 1.71. The third-order valence-electron chi connectivity index (χ3n) is 1.56. The van der Waals surface area contributed by atoms with Crippen LogP contribution in [0.4, 0.5) is 0 Å². The molecule has 0 N–H and O–H groups in total. The van der Waals surface area contributed by atoms with E-state index in [0.29, 0.717) is 18.0 Å². The average molecular weight is 261 g/mol. The van der Waals surface area contributed by atoms with Crippen molar-refractivity contribution in [2.24, 2.45) is 5.11 Å². The third-order valence-corrected chi connectivity index (χ3v) is 2.40. The third kappa shape index (κ3) is 3.27. The number of hydrogen-bond donors (Lipinski definition) is 0. The number of rotatable bonds is 3. The quantitative estimate of drug-likeness (QED) is 0.449. The predicted octanol–water partition coefficient (Wildman–Crippen LogP) is 3.96. The van der Waals surface area contributed by atoms with Gasteiger partial charge in [0.05, 0.1) is 0 Å². The van der Waals surface area contributed by atoms with Crippen LogP contribution >= 0.6 is 27.5 Å². The second-order valence-electron chi connectivity index (χ2n) is 2.44. The van der Waals surface area contributed by atoms with Gasteiger partial charge < -0.3 is 0 Å². The second kappa shape index (κ2) is 5.12. The van der Waals surface area contributed by atoms with Gasteiger partial charge in [-0.1, -0.05) is 38.7 Å². The lowest BCUT2D eigenvalue weighted by Crippen LogP contribution is -1.89. The predicted molar refractivity (Wildman–Crippen MR) is 56.9 cm³/mol. The number of benzene rings is 1. The molecule has 68 valence electrons. The molecule has 0 atom stereocenters. The summed E-state index contributed by atoms with van der Waals surface area (Å²) in [4.78, 5) is 2.67. The normalized spacial score (nSPS) is 9.38. The summed E-state index contributed by atoms with van der Waals surface area (Å²) < 4.78 is 0.949. The maximum Gasteiger partial charge on any atom is 0.0449 e. The molecule has 0 aliphatic carbocycles. The first kappa shape index (κ1) is 10.4.